The van der Waals surface area contributed by atoms with Crippen molar-refractivity contribution in [1.29, 1.82) is 0 Å². The van der Waals surface area contributed by atoms with Gasteiger partial charge in [-0.1, -0.05) is 61.0 Å². The van der Waals surface area contributed by atoms with Crippen molar-refractivity contribution in [2.45, 2.75) is 38.6 Å². The Kier molecular flexibility index (Phi) is 8.43. The lowest BCUT2D eigenvalue weighted by Crippen LogP contribution is -2.28. The summed E-state index contributed by atoms with van der Waals surface area (Å²) in [6.45, 7) is 3.41. The predicted molar refractivity (Wildman–Crippen MR) is 146 cm³/mol. The summed E-state index contributed by atoms with van der Waals surface area (Å²) in [5.74, 6) is 0.185. The van der Waals surface area contributed by atoms with Gasteiger partial charge in [-0.25, -0.2) is 14.8 Å². The highest BCUT2D eigenvalue weighted by Gasteiger charge is 2.16. The maximum Gasteiger partial charge on any atom is 0.514 e. The van der Waals surface area contributed by atoms with Crippen LogP contribution in [0, 0.1) is 0 Å². The number of oxazole rings is 1. The van der Waals surface area contributed by atoms with E-state index in [1.165, 1.54) is 62.9 Å². The molecule has 8 heteroatoms. The van der Waals surface area contributed by atoms with Crippen LogP contribution in [0.15, 0.2) is 77.3 Å². The molecule has 0 bridgehead atoms. The Balaban J connectivity index is 1.15. The van der Waals surface area contributed by atoms with E-state index >= 15 is 0 Å². The van der Waals surface area contributed by atoms with Crippen molar-refractivity contribution in [2.24, 2.45) is 0 Å². The Bertz CT molecular complexity index is 1410. The molecule has 1 fully saturated rings. The second-order valence-corrected chi connectivity index (χ2v) is 9.60. The number of hydrogen-bond donors (Lipinski definition) is 0. The molecule has 200 valence electrons. The third kappa shape index (κ3) is 6.97. The van der Waals surface area contributed by atoms with Gasteiger partial charge < -0.3 is 13.9 Å². The van der Waals surface area contributed by atoms with Crippen molar-refractivity contribution >= 4 is 11.9 Å². The van der Waals surface area contributed by atoms with Crippen LogP contribution in [-0.2, 0) is 17.7 Å². The van der Waals surface area contributed by atoms with Crippen LogP contribution in [0.25, 0.3) is 22.6 Å². The van der Waals surface area contributed by atoms with Gasteiger partial charge >= 0.3 is 6.16 Å². The number of ketones is 1. The van der Waals surface area contributed by atoms with E-state index in [1.54, 1.807) is 12.1 Å². The minimum atomic E-state index is -0.873. The minimum Gasteiger partial charge on any atom is -0.437 e. The first kappa shape index (κ1) is 26.3. The number of hydrogen-bond acceptors (Lipinski definition) is 8. The van der Waals surface area contributed by atoms with Gasteiger partial charge in [-0.2, -0.15) is 0 Å². The standard InChI is InChI=1S/C31H31N3O5/c1-37-31(36)39-29-7-5-6-26(33-29)28-20-32-30(38-28)27(35)17-12-22-8-13-24(14-9-22)25-15-10-23(11-16-25)21-34-18-3-2-4-19-34/h5-11,13-16,20H,2-4,12,17-19,21H2,1H3. The molecule has 0 amide bonds. The fraction of sp³-hybridized carbons (Fsp3) is 0.290. The number of aromatic nitrogens is 2. The molecule has 0 radical (unpaired) electrons. The van der Waals surface area contributed by atoms with E-state index in [-0.39, 0.29) is 24.0 Å². The van der Waals surface area contributed by atoms with E-state index in [0.717, 1.165) is 17.7 Å². The van der Waals surface area contributed by atoms with Crippen molar-refractivity contribution in [2.75, 3.05) is 20.2 Å². The number of rotatable bonds is 9. The first-order valence-electron chi connectivity index (χ1n) is 13.2. The summed E-state index contributed by atoms with van der Waals surface area (Å²) in [5, 5.41) is 0. The summed E-state index contributed by atoms with van der Waals surface area (Å²) in [4.78, 5) is 34.9. The molecule has 0 unspecified atom stereocenters. The number of carbonyl (C=O) groups excluding carboxylic acids is 2. The number of nitrogens with zero attached hydrogens (tertiary/aromatic N) is 3. The second-order valence-electron chi connectivity index (χ2n) is 9.60. The highest BCUT2D eigenvalue weighted by atomic mass is 16.7. The van der Waals surface area contributed by atoms with Gasteiger partial charge in [0.2, 0.25) is 11.7 Å². The summed E-state index contributed by atoms with van der Waals surface area (Å²) in [6.07, 6.45) is 5.36. The number of likely N-dealkylation sites (tertiary alicyclic amines) is 1. The lowest BCUT2D eigenvalue weighted by atomic mass is 10.00. The van der Waals surface area contributed by atoms with Gasteiger partial charge in [0.25, 0.3) is 5.89 Å². The maximum absolute atomic E-state index is 12.7. The second kappa shape index (κ2) is 12.5. The van der Waals surface area contributed by atoms with Gasteiger partial charge in [-0.05, 0) is 60.7 Å². The third-order valence-corrected chi connectivity index (χ3v) is 6.81. The molecule has 1 saturated heterocycles. The van der Waals surface area contributed by atoms with Gasteiger partial charge in [-0.15, -0.1) is 0 Å². The Morgan fingerprint density at radius 1 is 0.897 bits per heavy atom. The summed E-state index contributed by atoms with van der Waals surface area (Å²) in [5.41, 5.74) is 5.14. The number of aryl methyl sites for hydroxylation is 1. The maximum atomic E-state index is 12.7. The molecule has 0 saturated carbocycles. The van der Waals surface area contributed by atoms with Crippen molar-refractivity contribution in [3.05, 3.63) is 89.9 Å². The molecular weight excluding hydrogens is 494 g/mol. The van der Waals surface area contributed by atoms with Crippen molar-refractivity contribution in [3.63, 3.8) is 0 Å². The van der Waals surface area contributed by atoms with Crippen LogP contribution >= 0.6 is 0 Å². The summed E-state index contributed by atoms with van der Waals surface area (Å²) >= 11 is 0. The summed E-state index contributed by atoms with van der Waals surface area (Å²) < 4.78 is 15.0. The number of benzene rings is 2. The number of methoxy groups -OCH3 is 1. The lowest BCUT2D eigenvalue weighted by Gasteiger charge is -2.26. The summed E-state index contributed by atoms with van der Waals surface area (Å²) in [7, 11) is 1.21. The number of carbonyl (C=O) groups is 2. The highest BCUT2D eigenvalue weighted by Crippen LogP contribution is 2.24. The van der Waals surface area contributed by atoms with Crippen LogP contribution in [0.2, 0.25) is 0 Å². The zero-order valence-corrected chi connectivity index (χ0v) is 22.0. The van der Waals surface area contributed by atoms with Crippen molar-refractivity contribution < 1.29 is 23.5 Å². The van der Waals surface area contributed by atoms with E-state index in [2.05, 4.69) is 68.1 Å². The lowest BCUT2D eigenvalue weighted by molar-refractivity contribution is 0.0950. The zero-order valence-electron chi connectivity index (χ0n) is 22.0. The van der Waals surface area contributed by atoms with Crippen molar-refractivity contribution in [1.82, 2.24) is 14.9 Å². The smallest absolute Gasteiger partial charge is 0.437 e. The zero-order chi connectivity index (χ0) is 27.0. The molecule has 4 aromatic rings. The van der Waals surface area contributed by atoms with Crippen LogP contribution in [0.5, 0.6) is 5.88 Å². The SMILES string of the molecule is COC(=O)Oc1cccc(-c2cnc(C(=O)CCc3ccc(-c4ccc(CN5CCCCC5)cc4)cc3)o2)n1. The Morgan fingerprint density at radius 2 is 1.59 bits per heavy atom. The molecule has 5 rings (SSSR count). The van der Waals surface area contributed by atoms with Crippen molar-refractivity contribution in [3.8, 4) is 28.5 Å². The van der Waals surface area contributed by atoms with Crippen LogP contribution in [0.1, 0.15) is 47.5 Å². The largest absolute Gasteiger partial charge is 0.514 e. The molecule has 39 heavy (non-hydrogen) atoms. The van der Waals surface area contributed by atoms with Gasteiger partial charge in [0.1, 0.15) is 5.69 Å². The fourth-order valence-electron chi connectivity index (χ4n) is 4.66. The van der Waals surface area contributed by atoms with Crippen LogP contribution < -0.4 is 4.74 Å². The third-order valence-electron chi connectivity index (χ3n) is 6.81. The molecule has 0 aliphatic carbocycles. The number of ether oxygens (including phenoxy) is 2. The normalized spacial score (nSPS) is 13.7. The van der Waals surface area contributed by atoms with Gasteiger partial charge in [0, 0.05) is 19.0 Å². The van der Waals surface area contributed by atoms with Gasteiger partial charge in [0.05, 0.1) is 13.3 Å². The number of Topliss-reactive ketones (excluding diaryl/α,β-unsaturated/α-hetero) is 1. The Hall–Kier alpha value is -4.30. The topological polar surface area (TPSA) is 94.8 Å². The first-order valence-corrected chi connectivity index (χ1v) is 13.2. The monoisotopic (exact) mass is 525 g/mol. The Labute approximate surface area is 227 Å². The average Bonchev–Trinajstić information content (AvgIpc) is 3.48. The molecule has 0 atom stereocenters. The van der Waals surface area contributed by atoms with Crippen LogP contribution in [0.3, 0.4) is 0 Å². The van der Waals surface area contributed by atoms with E-state index in [0.29, 0.717) is 17.9 Å². The summed E-state index contributed by atoms with van der Waals surface area (Å²) in [6, 6.07) is 22.0. The fourth-order valence-corrected chi connectivity index (χ4v) is 4.66. The average molecular weight is 526 g/mol. The molecule has 2 aromatic heterocycles. The molecule has 0 N–H and O–H groups in total. The quantitative estimate of drug-likeness (QED) is 0.184. The molecular formula is C31H31N3O5. The van der Waals surface area contributed by atoms with Gasteiger partial charge in [-0.3, -0.25) is 9.69 Å². The van der Waals surface area contributed by atoms with E-state index in [4.69, 9.17) is 9.15 Å². The predicted octanol–water partition coefficient (Wildman–Crippen LogP) is 6.35. The minimum absolute atomic E-state index is 0.0207. The molecule has 1 aliphatic rings. The molecule has 1 aliphatic heterocycles. The van der Waals surface area contributed by atoms with Crippen LogP contribution in [0.4, 0.5) is 4.79 Å². The molecule has 2 aromatic carbocycles. The molecule has 8 nitrogen and oxygen atoms in total. The molecule has 3 heterocycles. The van der Waals surface area contributed by atoms with E-state index < -0.39 is 6.16 Å². The Morgan fingerprint density at radius 3 is 2.28 bits per heavy atom. The van der Waals surface area contributed by atoms with Crippen LogP contribution in [-0.4, -0.2) is 47.0 Å². The van der Waals surface area contributed by atoms with E-state index in [9.17, 15) is 9.59 Å². The van der Waals surface area contributed by atoms with Gasteiger partial charge in [0.15, 0.2) is 5.76 Å². The van der Waals surface area contributed by atoms with E-state index in [1.807, 2.05) is 0 Å². The first-order chi connectivity index (χ1) is 19.1. The number of piperidine rings is 1. The molecule has 0 spiro atoms. The highest BCUT2D eigenvalue weighted by molar-refractivity contribution is 5.92. The number of pyridine rings is 1.